The lowest BCUT2D eigenvalue weighted by Crippen LogP contribution is -2.36. The van der Waals surface area contributed by atoms with Crippen LogP contribution in [0.1, 0.15) is 19.4 Å². The number of benzene rings is 1. The van der Waals surface area contributed by atoms with E-state index in [1.54, 1.807) is 0 Å². The van der Waals surface area contributed by atoms with Crippen LogP contribution in [0, 0.1) is 5.82 Å². The van der Waals surface area contributed by atoms with Crippen LogP contribution in [0.15, 0.2) is 29.3 Å². The number of hydrogen-bond donors (Lipinski definition) is 0. The fraction of sp³-hybridized carbons (Fsp3) is 0.533. The molecule has 0 N–H and O–H groups in total. The smallest absolute Gasteiger partial charge is 0.195 e. The Morgan fingerprint density at radius 3 is 1.90 bits per heavy atom. The molecule has 0 aliphatic carbocycles. The zero-order valence-corrected chi connectivity index (χ0v) is 15.5. The predicted octanol–water partition coefficient (Wildman–Crippen LogP) is 3.20. The van der Waals surface area contributed by atoms with Crippen molar-refractivity contribution in [1.82, 2.24) is 9.80 Å². The van der Waals surface area contributed by atoms with E-state index in [0.29, 0.717) is 6.54 Å². The Balaban J connectivity index is 0.00000361. The van der Waals surface area contributed by atoms with Gasteiger partial charge in [-0.25, -0.2) is 4.39 Å². The molecule has 0 radical (unpaired) electrons. The Labute approximate surface area is 138 Å². The molecule has 0 saturated carbocycles. The maximum absolute atomic E-state index is 13.0. The largest absolute Gasteiger partial charge is 0.349 e. The van der Waals surface area contributed by atoms with Gasteiger partial charge in [-0.05, 0) is 17.7 Å². The van der Waals surface area contributed by atoms with Gasteiger partial charge in [0.2, 0.25) is 0 Å². The van der Waals surface area contributed by atoms with Crippen molar-refractivity contribution in [2.24, 2.45) is 4.99 Å². The van der Waals surface area contributed by atoms with Crippen LogP contribution in [0.5, 0.6) is 0 Å². The molecule has 20 heavy (non-hydrogen) atoms. The first-order valence-electron chi connectivity index (χ1n) is 6.39. The van der Waals surface area contributed by atoms with Crippen molar-refractivity contribution < 1.29 is 4.39 Å². The van der Waals surface area contributed by atoms with Gasteiger partial charge in [-0.2, -0.15) is 0 Å². The van der Waals surface area contributed by atoms with Crippen molar-refractivity contribution in [2.75, 3.05) is 34.7 Å². The van der Waals surface area contributed by atoms with Gasteiger partial charge >= 0.3 is 0 Å². The highest BCUT2D eigenvalue weighted by molar-refractivity contribution is 14.0. The number of rotatable bonds is 3. The molecule has 1 aromatic carbocycles. The third-order valence-corrected chi connectivity index (χ3v) is 3.04. The first-order valence-corrected chi connectivity index (χ1v) is 6.39. The first kappa shape index (κ1) is 19.1. The van der Waals surface area contributed by atoms with Crippen molar-refractivity contribution in [3.05, 3.63) is 35.6 Å². The lowest BCUT2D eigenvalue weighted by atomic mass is 9.85. The second kappa shape index (κ2) is 7.81. The zero-order chi connectivity index (χ0) is 14.6. The monoisotopic (exact) mass is 393 g/mol. The molecule has 5 heteroatoms. The maximum Gasteiger partial charge on any atom is 0.195 e. The number of guanidine groups is 1. The normalized spacial score (nSPS) is 10.6. The minimum absolute atomic E-state index is 0. The SMILES string of the molecule is CN(C)C(=NCC(C)(C)c1ccc(F)cc1)N(C)C.I. The van der Waals surface area contributed by atoms with E-state index < -0.39 is 0 Å². The van der Waals surface area contributed by atoms with Crippen LogP contribution in [0.3, 0.4) is 0 Å². The Bertz CT molecular complexity index is 429. The summed E-state index contributed by atoms with van der Waals surface area (Å²) < 4.78 is 13.0. The standard InChI is InChI=1S/C15H24FN3.HI/c1-15(2,12-7-9-13(16)10-8-12)11-17-14(18(3)4)19(5)6;/h7-10H,11H2,1-6H3;1H. The Hall–Kier alpha value is -0.850. The number of aliphatic imine (C=N–C) groups is 1. The van der Waals surface area contributed by atoms with Crippen molar-refractivity contribution >= 4 is 29.9 Å². The molecule has 0 unspecified atom stereocenters. The third kappa shape index (κ3) is 5.26. The topological polar surface area (TPSA) is 18.8 Å². The first-order chi connectivity index (χ1) is 8.74. The van der Waals surface area contributed by atoms with E-state index >= 15 is 0 Å². The summed E-state index contributed by atoms with van der Waals surface area (Å²) in [5.74, 6) is 0.723. The molecule has 114 valence electrons. The van der Waals surface area contributed by atoms with Crippen LogP contribution < -0.4 is 0 Å². The Kier molecular flexibility index (Phi) is 7.47. The molecule has 3 nitrogen and oxygen atoms in total. The molecule has 0 atom stereocenters. The highest BCUT2D eigenvalue weighted by Crippen LogP contribution is 2.23. The van der Waals surface area contributed by atoms with E-state index in [0.717, 1.165) is 11.5 Å². The van der Waals surface area contributed by atoms with E-state index in [1.165, 1.54) is 12.1 Å². The molecule has 1 rings (SSSR count). The van der Waals surface area contributed by atoms with E-state index in [1.807, 2.05) is 50.1 Å². The molecule has 0 amide bonds. The van der Waals surface area contributed by atoms with Gasteiger partial charge in [-0.15, -0.1) is 24.0 Å². The molecule has 0 aromatic heterocycles. The average Bonchev–Trinajstić information content (AvgIpc) is 2.28. The van der Waals surface area contributed by atoms with Crippen LogP contribution in [0.25, 0.3) is 0 Å². The van der Waals surface area contributed by atoms with Crippen LogP contribution in [0.4, 0.5) is 4.39 Å². The summed E-state index contributed by atoms with van der Waals surface area (Å²) in [6.07, 6.45) is 0. The molecule has 0 heterocycles. The lowest BCUT2D eigenvalue weighted by molar-refractivity contribution is 0.464. The molecule has 0 aliphatic heterocycles. The third-order valence-electron chi connectivity index (χ3n) is 3.04. The predicted molar refractivity (Wildman–Crippen MR) is 94.5 cm³/mol. The maximum atomic E-state index is 13.0. The van der Waals surface area contributed by atoms with Crippen molar-refractivity contribution in [3.8, 4) is 0 Å². The van der Waals surface area contributed by atoms with Gasteiger partial charge < -0.3 is 9.80 Å². The van der Waals surface area contributed by atoms with Gasteiger partial charge in [-0.1, -0.05) is 26.0 Å². The minimum atomic E-state index is -0.203. The van der Waals surface area contributed by atoms with Gasteiger partial charge in [0.25, 0.3) is 0 Å². The quantitative estimate of drug-likeness (QED) is 0.446. The van der Waals surface area contributed by atoms with Gasteiger partial charge in [0.1, 0.15) is 5.82 Å². The van der Waals surface area contributed by atoms with Crippen LogP contribution in [0.2, 0.25) is 0 Å². The molecule has 0 fully saturated rings. The molecule has 0 aliphatic rings. The van der Waals surface area contributed by atoms with E-state index in [9.17, 15) is 4.39 Å². The van der Waals surface area contributed by atoms with Crippen LogP contribution in [-0.4, -0.2) is 50.5 Å². The fourth-order valence-corrected chi connectivity index (χ4v) is 1.94. The highest BCUT2D eigenvalue weighted by atomic mass is 127. The van der Waals surface area contributed by atoms with E-state index in [2.05, 4.69) is 18.8 Å². The highest BCUT2D eigenvalue weighted by Gasteiger charge is 2.21. The van der Waals surface area contributed by atoms with Crippen LogP contribution in [-0.2, 0) is 5.41 Å². The molecule has 0 bridgehead atoms. The zero-order valence-electron chi connectivity index (χ0n) is 13.1. The molecule has 1 aromatic rings. The fourth-order valence-electron chi connectivity index (χ4n) is 1.94. The summed E-state index contributed by atoms with van der Waals surface area (Å²) >= 11 is 0. The summed E-state index contributed by atoms with van der Waals surface area (Å²) in [4.78, 5) is 8.64. The molecular weight excluding hydrogens is 368 g/mol. The molecular formula is C15H25FIN3. The second-order valence-electron chi connectivity index (χ2n) is 5.80. The number of hydrogen-bond acceptors (Lipinski definition) is 1. The van der Waals surface area contributed by atoms with Gasteiger partial charge in [0.05, 0.1) is 6.54 Å². The number of nitrogens with zero attached hydrogens (tertiary/aromatic N) is 3. The van der Waals surface area contributed by atoms with Crippen molar-refractivity contribution in [3.63, 3.8) is 0 Å². The summed E-state index contributed by atoms with van der Waals surface area (Å²) in [5.41, 5.74) is 0.972. The van der Waals surface area contributed by atoms with Gasteiger partial charge in [0, 0.05) is 33.6 Å². The lowest BCUT2D eigenvalue weighted by Gasteiger charge is -2.27. The summed E-state index contributed by atoms with van der Waals surface area (Å²) in [7, 11) is 7.90. The minimum Gasteiger partial charge on any atom is -0.349 e. The number of halogens is 2. The molecule has 0 spiro atoms. The van der Waals surface area contributed by atoms with Crippen molar-refractivity contribution in [2.45, 2.75) is 19.3 Å². The van der Waals surface area contributed by atoms with Gasteiger partial charge in [-0.3, -0.25) is 4.99 Å². The average molecular weight is 393 g/mol. The van der Waals surface area contributed by atoms with Gasteiger partial charge in [0.15, 0.2) is 5.96 Å². The molecule has 0 saturated heterocycles. The summed E-state index contributed by atoms with van der Waals surface area (Å²) in [6, 6.07) is 6.66. The summed E-state index contributed by atoms with van der Waals surface area (Å²) in [6.45, 7) is 4.89. The van der Waals surface area contributed by atoms with Crippen LogP contribution >= 0.6 is 24.0 Å². The van der Waals surface area contributed by atoms with E-state index in [-0.39, 0.29) is 35.2 Å². The second-order valence-corrected chi connectivity index (χ2v) is 5.80. The Morgan fingerprint density at radius 1 is 1.05 bits per heavy atom. The summed E-state index contributed by atoms with van der Waals surface area (Å²) in [5, 5.41) is 0. The Morgan fingerprint density at radius 2 is 1.50 bits per heavy atom. The van der Waals surface area contributed by atoms with E-state index in [4.69, 9.17) is 0 Å². The van der Waals surface area contributed by atoms with Crippen molar-refractivity contribution in [1.29, 1.82) is 0 Å².